The molecule has 0 spiro atoms. The van der Waals surface area contributed by atoms with E-state index in [0.717, 1.165) is 56.7 Å². The number of hydrogen-bond donors (Lipinski definition) is 0. The van der Waals surface area contributed by atoms with Crippen LogP contribution in [0.25, 0.3) is 0 Å². The van der Waals surface area contributed by atoms with Gasteiger partial charge in [0.2, 0.25) is 0 Å². The Morgan fingerprint density at radius 2 is 1.30 bits per heavy atom. The maximum atomic E-state index is 12.1. The van der Waals surface area contributed by atoms with Crippen LogP contribution in [0.3, 0.4) is 0 Å². The molecule has 162 valence electrons. The molecule has 1 atom stereocenters. The summed E-state index contributed by atoms with van der Waals surface area (Å²) in [6.07, 6.45) is 19.7. The van der Waals surface area contributed by atoms with E-state index in [9.17, 15) is 9.18 Å². The van der Waals surface area contributed by atoms with Gasteiger partial charge < -0.3 is 4.74 Å². The molecule has 0 aliphatic rings. The van der Waals surface area contributed by atoms with E-state index in [1.807, 2.05) is 0 Å². The summed E-state index contributed by atoms with van der Waals surface area (Å²) in [5, 5.41) is 1.01. The second-order valence-electron chi connectivity index (χ2n) is 7.77. The van der Waals surface area contributed by atoms with E-state index in [0.29, 0.717) is 12.8 Å². The molecule has 0 aliphatic heterocycles. The van der Waals surface area contributed by atoms with E-state index >= 15 is 0 Å². The molecule has 1 unspecified atom stereocenters. The molecule has 4 heteroatoms. The zero-order valence-corrected chi connectivity index (χ0v) is 19.4. The van der Waals surface area contributed by atoms with Gasteiger partial charge in [-0.3, -0.25) is 9.18 Å². The number of ether oxygens (including phenoxy) is 1. The predicted molar refractivity (Wildman–Crippen MR) is 118 cm³/mol. The topological polar surface area (TPSA) is 26.3 Å². The molecule has 0 bridgehead atoms. The van der Waals surface area contributed by atoms with Gasteiger partial charge in [0.15, 0.2) is 0 Å². The Morgan fingerprint density at radius 1 is 0.778 bits per heavy atom. The molecule has 0 aromatic rings. The summed E-state index contributed by atoms with van der Waals surface area (Å²) in [6, 6.07) is 0. The van der Waals surface area contributed by atoms with Crippen LogP contribution in [0.15, 0.2) is 0 Å². The highest BCUT2D eigenvalue weighted by Gasteiger charge is 2.14. The van der Waals surface area contributed by atoms with E-state index in [1.165, 1.54) is 51.4 Å². The molecule has 0 radical (unpaired) electrons. The standard InChI is InChI=1S/C23H44BrFO2/c1-2-3-4-5-8-12-17-22(18-13-9-6-7-10-16-21-25)27-23(26)19-14-11-15-20-24/h22H,2-21H2,1H3. The highest BCUT2D eigenvalue weighted by Crippen LogP contribution is 2.18. The van der Waals surface area contributed by atoms with Crippen LogP contribution in [0.2, 0.25) is 0 Å². The quantitative estimate of drug-likeness (QED) is 0.0996. The summed E-state index contributed by atoms with van der Waals surface area (Å²) < 4.78 is 17.9. The van der Waals surface area contributed by atoms with Gasteiger partial charge >= 0.3 is 5.97 Å². The average molecular weight is 452 g/mol. The van der Waals surface area contributed by atoms with Crippen LogP contribution in [-0.4, -0.2) is 24.1 Å². The summed E-state index contributed by atoms with van der Waals surface area (Å²) in [4.78, 5) is 12.1. The molecular formula is C23H44BrFO2. The largest absolute Gasteiger partial charge is 0.462 e. The second kappa shape index (κ2) is 22.2. The molecule has 2 nitrogen and oxygen atoms in total. The summed E-state index contributed by atoms with van der Waals surface area (Å²) in [7, 11) is 0. The normalized spacial score (nSPS) is 12.3. The van der Waals surface area contributed by atoms with Crippen molar-refractivity contribution in [2.75, 3.05) is 12.0 Å². The van der Waals surface area contributed by atoms with Crippen LogP contribution in [0.4, 0.5) is 4.39 Å². The Morgan fingerprint density at radius 3 is 1.85 bits per heavy atom. The third kappa shape index (κ3) is 20.4. The fourth-order valence-electron chi connectivity index (χ4n) is 3.37. The number of rotatable bonds is 21. The highest BCUT2D eigenvalue weighted by atomic mass is 79.9. The lowest BCUT2D eigenvalue weighted by Crippen LogP contribution is -2.18. The van der Waals surface area contributed by atoms with Crippen molar-refractivity contribution >= 4 is 21.9 Å². The number of unbranched alkanes of at least 4 members (excludes halogenated alkanes) is 12. The first-order chi connectivity index (χ1) is 13.2. The third-order valence-corrected chi connectivity index (χ3v) is 5.66. The number of halogens is 2. The van der Waals surface area contributed by atoms with Crippen LogP contribution >= 0.6 is 15.9 Å². The van der Waals surface area contributed by atoms with E-state index < -0.39 is 0 Å². The zero-order valence-electron chi connectivity index (χ0n) is 17.8. The van der Waals surface area contributed by atoms with Crippen molar-refractivity contribution in [2.24, 2.45) is 0 Å². The van der Waals surface area contributed by atoms with Gasteiger partial charge in [0.1, 0.15) is 6.10 Å². The lowest BCUT2D eigenvalue weighted by Gasteiger charge is -2.18. The van der Waals surface area contributed by atoms with Crippen molar-refractivity contribution in [3.63, 3.8) is 0 Å². The maximum Gasteiger partial charge on any atom is 0.306 e. The fraction of sp³-hybridized carbons (Fsp3) is 0.957. The van der Waals surface area contributed by atoms with Gasteiger partial charge in [-0.15, -0.1) is 0 Å². The predicted octanol–water partition coefficient (Wildman–Crippen LogP) is 8.30. The maximum absolute atomic E-state index is 12.1. The molecule has 0 N–H and O–H groups in total. The molecule has 0 rings (SSSR count). The van der Waals surface area contributed by atoms with Gasteiger partial charge in [-0.05, 0) is 44.9 Å². The second-order valence-corrected chi connectivity index (χ2v) is 8.56. The van der Waals surface area contributed by atoms with Gasteiger partial charge in [-0.1, -0.05) is 87.1 Å². The Labute approximate surface area is 176 Å². The SMILES string of the molecule is CCCCCCCCC(CCCCCCCCF)OC(=O)CCCCCBr. The molecule has 0 amide bonds. The summed E-state index contributed by atoms with van der Waals surface area (Å²) >= 11 is 3.43. The van der Waals surface area contributed by atoms with Crippen LogP contribution in [0.5, 0.6) is 0 Å². The monoisotopic (exact) mass is 450 g/mol. The minimum absolute atomic E-state index is 0.0106. The first kappa shape index (κ1) is 26.9. The molecule has 27 heavy (non-hydrogen) atoms. The Hall–Kier alpha value is -0.120. The number of carbonyl (C=O) groups excluding carboxylic acids is 1. The molecule has 0 heterocycles. The van der Waals surface area contributed by atoms with Crippen molar-refractivity contribution in [1.29, 1.82) is 0 Å². The molecular weight excluding hydrogens is 407 g/mol. The number of alkyl halides is 2. The van der Waals surface area contributed by atoms with Crippen LogP contribution in [-0.2, 0) is 9.53 Å². The average Bonchev–Trinajstić information content (AvgIpc) is 2.67. The molecule has 0 aromatic carbocycles. The molecule has 0 saturated carbocycles. The van der Waals surface area contributed by atoms with E-state index in [2.05, 4.69) is 22.9 Å². The molecule has 0 aliphatic carbocycles. The van der Waals surface area contributed by atoms with E-state index in [-0.39, 0.29) is 18.7 Å². The van der Waals surface area contributed by atoms with Crippen LogP contribution in [0.1, 0.15) is 122 Å². The highest BCUT2D eigenvalue weighted by molar-refractivity contribution is 9.09. The number of carbonyl (C=O) groups is 1. The first-order valence-electron chi connectivity index (χ1n) is 11.6. The Bertz CT molecular complexity index is 313. The van der Waals surface area contributed by atoms with E-state index in [4.69, 9.17) is 4.74 Å². The lowest BCUT2D eigenvalue weighted by atomic mass is 10.0. The van der Waals surface area contributed by atoms with Crippen LogP contribution in [0, 0.1) is 0 Å². The van der Waals surface area contributed by atoms with Crippen molar-refractivity contribution in [1.82, 2.24) is 0 Å². The summed E-state index contributed by atoms with van der Waals surface area (Å²) in [5.41, 5.74) is 0. The van der Waals surface area contributed by atoms with Crippen LogP contribution < -0.4 is 0 Å². The van der Waals surface area contributed by atoms with Crippen molar-refractivity contribution in [3.8, 4) is 0 Å². The summed E-state index contributed by atoms with van der Waals surface area (Å²) in [5.74, 6) is -0.0106. The van der Waals surface area contributed by atoms with Gasteiger partial charge in [0.25, 0.3) is 0 Å². The fourth-order valence-corrected chi connectivity index (χ4v) is 3.77. The first-order valence-corrected chi connectivity index (χ1v) is 12.7. The van der Waals surface area contributed by atoms with Crippen molar-refractivity contribution in [3.05, 3.63) is 0 Å². The Balaban J connectivity index is 3.99. The number of esters is 1. The van der Waals surface area contributed by atoms with Crippen molar-refractivity contribution in [2.45, 2.75) is 129 Å². The smallest absolute Gasteiger partial charge is 0.306 e. The molecule has 0 saturated heterocycles. The van der Waals surface area contributed by atoms with Gasteiger partial charge in [-0.2, -0.15) is 0 Å². The lowest BCUT2D eigenvalue weighted by molar-refractivity contribution is -0.150. The third-order valence-electron chi connectivity index (χ3n) is 5.10. The minimum Gasteiger partial charge on any atom is -0.462 e. The zero-order chi connectivity index (χ0) is 20.0. The van der Waals surface area contributed by atoms with Crippen molar-refractivity contribution < 1.29 is 13.9 Å². The van der Waals surface area contributed by atoms with Gasteiger partial charge in [-0.25, -0.2) is 0 Å². The molecule has 0 aromatic heterocycles. The van der Waals surface area contributed by atoms with E-state index in [1.54, 1.807) is 0 Å². The molecule has 0 fully saturated rings. The van der Waals surface area contributed by atoms with Gasteiger partial charge in [0, 0.05) is 11.8 Å². The number of hydrogen-bond acceptors (Lipinski definition) is 2. The minimum atomic E-state index is -0.189. The van der Waals surface area contributed by atoms with Gasteiger partial charge in [0.05, 0.1) is 6.67 Å². The summed E-state index contributed by atoms with van der Waals surface area (Å²) in [6.45, 7) is 2.05. The Kier molecular flexibility index (Phi) is 22.1.